The van der Waals surface area contributed by atoms with Gasteiger partial charge in [0, 0.05) is 0 Å². The summed E-state index contributed by atoms with van der Waals surface area (Å²) in [5.41, 5.74) is 3.22. The van der Waals surface area contributed by atoms with Crippen LogP contribution in [0.15, 0.2) is 18.2 Å². The number of carbonyl (C=O) groups is 1. The van der Waals surface area contributed by atoms with Crippen LogP contribution in [0.3, 0.4) is 0 Å². The van der Waals surface area contributed by atoms with Crippen molar-refractivity contribution >= 4 is 5.97 Å². The fourth-order valence-corrected chi connectivity index (χ4v) is 1.92. The standard InChI is InChI=1S/C15H23NO2/c1-6-18-14(17)10-15(4,16-5)13-8-7-11(2)12(3)9-13/h7-9,16H,6,10H2,1-5H3. The number of nitrogens with one attached hydrogen (secondary N) is 1. The predicted octanol–water partition coefficient (Wildman–Crippen LogP) is 2.69. The molecule has 100 valence electrons. The van der Waals surface area contributed by atoms with Crippen molar-refractivity contribution in [3.05, 3.63) is 34.9 Å². The van der Waals surface area contributed by atoms with Gasteiger partial charge in [-0.1, -0.05) is 18.2 Å². The van der Waals surface area contributed by atoms with E-state index in [4.69, 9.17) is 4.74 Å². The molecular formula is C15H23NO2. The first-order chi connectivity index (χ1) is 8.42. The highest BCUT2D eigenvalue weighted by Crippen LogP contribution is 2.26. The average Bonchev–Trinajstić information content (AvgIpc) is 2.32. The SMILES string of the molecule is CCOC(=O)CC(C)(NC)c1ccc(C)c(C)c1. The third kappa shape index (κ3) is 3.33. The molecule has 0 aliphatic rings. The summed E-state index contributed by atoms with van der Waals surface area (Å²) in [7, 11) is 1.87. The largest absolute Gasteiger partial charge is 0.466 e. The molecule has 0 aliphatic heterocycles. The molecule has 0 spiro atoms. The monoisotopic (exact) mass is 249 g/mol. The highest BCUT2D eigenvalue weighted by Gasteiger charge is 2.28. The van der Waals surface area contributed by atoms with Crippen molar-refractivity contribution in [1.82, 2.24) is 5.32 Å². The van der Waals surface area contributed by atoms with Crippen molar-refractivity contribution in [2.24, 2.45) is 0 Å². The smallest absolute Gasteiger partial charge is 0.307 e. The third-order valence-corrected chi connectivity index (χ3v) is 3.50. The predicted molar refractivity (Wildman–Crippen MR) is 73.6 cm³/mol. The molecule has 0 aliphatic carbocycles. The molecule has 0 heterocycles. The van der Waals surface area contributed by atoms with Gasteiger partial charge >= 0.3 is 5.97 Å². The Morgan fingerprint density at radius 1 is 1.33 bits per heavy atom. The number of benzene rings is 1. The van der Waals surface area contributed by atoms with Crippen LogP contribution in [-0.4, -0.2) is 19.6 Å². The maximum absolute atomic E-state index is 11.7. The summed E-state index contributed by atoms with van der Waals surface area (Å²) in [6.07, 6.45) is 0.333. The van der Waals surface area contributed by atoms with Crippen LogP contribution in [0.5, 0.6) is 0 Å². The first-order valence-electron chi connectivity index (χ1n) is 6.35. The minimum absolute atomic E-state index is 0.174. The van der Waals surface area contributed by atoms with Crippen LogP contribution in [0, 0.1) is 13.8 Å². The molecule has 1 unspecified atom stereocenters. The summed E-state index contributed by atoms with van der Waals surface area (Å²) >= 11 is 0. The van der Waals surface area contributed by atoms with E-state index in [2.05, 4.69) is 37.4 Å². The highest BCUT2D eigenvalue weighted by atomic mass is 16.5. The second kappa shape index (κ2) is 6.01. The fourth-order valence-electron chi connectivity index (χ4n) is 1.92. The summed E-state index contributed by atoms with van der Waals surface area (Å²) in [6, 6.07) is 6.29. The minimum atomic E-state index is -0.384. The maximum atomic E-state index is 11.7. The third-order valence-electron chi connectivity index (χ3n) is 3.50. The molecule has 0 amide bonds. The van der Waals surface area contributed by atoms with E-state index in [9.17, 15) is 4.79 Å². The molecule has 18 heavy (non-hydrogen) atoms. The van der Waals surface area contributed by atoms with E-state index in [-0.39, 0.29) is 11.5 Å². The molecule has 0 aromatic heterocycles. The number of ether oxygens (including phenoxy) is 1. The van der Waals surface area contributed by atoms with Gasteiger partial charge in [-0.15, -0.1) is 0 Å². The molecule has 0 bridgehead atoms. The van der Waals surface area contributed by atoms with E-state index in [1.165, 1.54) is 11.1 Å². The molecule has 0 saturated heterocycles. The van der Waals surface area contributed by atoms with Crippen LogP contribution in [0.2, 0.25) is 0 Å². The topological polar surface area (TPSA) is 38.3 Å². The zero-order valence-electron chi connectivity index (χ0n) is 12.0. The quantitative estimate of drug-likeness (QED) is 0.815. The molecule has 3 heteroatoms. The van der Waals surface area contributed by atoms with Crippen LogP contribution in [0.4, 0.5) is 0 Å². The maximum Gasteiger partial charge on any atom is 0.307 e. The van der Waals surface area contributed by atoms with Gasteiger partial charge < -0.3 is 10.1 Å². The summed E-state index contributed by atoms with van der Waals surface area (Å²) in [5, 5.41) is 3.23. The Hall–Kier alpha value is -1.35. The molecule has 0 radical (unpaired) electrons. The fraction of sp³-hybridized carbons (Fsp3) is 0.533. The van der Waals surface area contributed by atoms with Crippen molar-refractivity contribution in [3.63, 3.8) is 0 Å². The summed E-state index contributed by atoms with van der Waals surface area (Å²) in [6.45, 7) is 8.44. The second-order valence-corrected chi connectivity index (χ2v) is 4.86. The minimum Gasteiger partial charge on any atom is -0.466 e. The Morgan fingerprint density at radius 3 is 2.50 bits per heavy atom. The van der Waals surface area contributed by atoms with E-state index >= 15 is 0 Å². The first kappa shape index (κ1) is 14.7. The van der Waals surface area contributed by atoms with Crippen molar-refractivity contribution in [3.8, 4) is 0 Å². The van der Waals surface area contributed by atoms with Crippen LogP contribution in [-0.2, 0) is 15.1 Å². The molecular weight excluding hydrogens is 226 g/mol. The lowest BCUT2D eigenvalue weighted by Crippen LogP contribution is -2.39. The van der Waals surface area contributed by atoms with Gasteiger partial charge in [0.05, 0.1) is 18.6 Å². The van der Waals surface area contributed by atoms with Crippen LogP contribution < -0.4 is 5.32 Å². The van der Waals surface area contributed by atoms with Gasteiger partial charge in [0.2, 0.25) is 0 Å². The molecule has 1 atom stereocenters. The Morgan fingerprint density at radius 2 is 2.00 bits per heavy atom. The highest BCUT2D eigenvalue weighted by molar-refractivity contribution is 5.71. The van der Waals surface area contributed by atoms with Gasteiger partial charge in [-0.25, -0.2) is 0 Å². The van der Waals surface area contributed by atoms with Crippen molar-refractivity contribution in [1.29, 1.82) is 0 Å². The summed E-state index contributed by atoms with van der Waals surface area (Å²) < 4.78 is 5.04. The van der Waals surface area contributed by atoms with Gasteiger partial charge in [0.1, 0.15) is 0 Å². The summed E-state index contributed by atoms with van der Waals surface area (Å²) in [4.78, 5) is 11.7. The lowest BCUT2D eigenvalue weighted by Gasteiger charge is -2.29. The second-order valence-electron chi connectivity index (χ2n) is 4.86. The molecule has 1 aromatic rings. The van der Waals surface area contributed by atoms with E-state index in [1.54, 1.807) is 0 Å². The Labute approximate surface area is 110 Å². The number of carbonyl (C=O) groups excluding carboxylic acids is 1. The summed E-state index contributed by atoms with van der Waals surface area (Å²) in [5.74, 6) is -0.174. The van der Waals surface area contributed by atoms with Crippen LogP contribution in [0.25, 0.3) is 0 Å². The lowest BCUT2D eigenvalue weighted by molar-refractivity contribution is -0.144. The molecule has 1 rings (SSSR count). The number of rotatable bonds is 5. The van der Waals surface area contributed by atoms with Crippen molar-refractivity contribution < 1.29 is 9.53 Å². The van der Waals surface area contributed by atoms with E-state index in [0.717, 1.165) is 5.56 Å². The van der Waals surface area contributed by atoms with Crippen LogP contribution >= 0.6 is 0 Å². The number of esters is 1. The van der Waals surface area contributed by atoms with Gasteiger partial charge in [-0.2, -0.15) is 0 Å². The zero-order valence-corrected chi connectivity index (χ0v) is 12.0. The molecule has 1 N–H and O–H groups in total. The van der Waals surface area contributed by atoms with E-state index < -0.39 is 0 Å². The Kier molecular flexibility index (Phi) is 4.91. The molecule has 0 fully saturated rings. The normalized spacial score (nSPS) is 14.1. The van der Waals surface area contributed by atoms with E-state index in [1.807, 2.05) is 20.9 Å². The van der Waals surface area contributed by atoms with Gasteiger partial charge in [-0.3, -0.25) is 4.79 Å². The van der Waals surface area contributed by atoms with Crippen molar-refractivity contribution in [2.45, 2.75) is 39.7 Å². The van der Waals surface area contributed by atoms with Crippen LogP contribution in [0.1, 0.15) is 37.0 Å². The Bertz CT molecular complexity index is 429. The van der Waals surface area contributed by atoms with Gasteiger partial charge in [0.25, 0.3) is 0 Å². The van der Waals surface area contributed by atoms with E-state index in [0.29, 0.717) is 13.0 Å². The lowest BCUT2D eigenvalue weighted by atomic mass is 9.87. The number of aryl methyl sites for hydroxylation is 2. The van der Waals surface area contributed by atoms with Gasteiger partial charge in [0.15, 0.2) is 0 Å². The molecule has 3 nitrogen and oxygen atoms in total. The average molecular weight is 249 g/mol. The number of hydrogen-bond donors (Lipinski definition) is 1. The first-order valence-corrected chi connectivity index (χ1v) is 6.35. The number of hydrogen-bond acceptors (Lipinski definition) is 3. The Balaban J connectivity index is 2.99. The molecule has 0 saturated carbocycles. The van der Waals surface area contributed by atoms with Gasteiger partial charge in [-0.05, 0) is 51.4 Å². The zero-order chi connectivity index (χ0) is 13.8. The van der Waals surface area contributed by atoms with Crippen molar-refractivity contribution in [2.75, 3.05) is 13.7 Å². The molecule has 1 aromatic carbocycles.